The summed E-state index contributed by atoms with van der Waals surface area (Å²) in [5.74, 6) is -0.0560. The van der Waals surface area contributed by atoms with Crippen molar-refractivity contribution in [3.63, 3.8) is 0 Å². The number of phenols is 1. The van der Waals surface area contributed by atoms with Crippen molar-refractivity contribution in [2.45, 2.75) is 5.92 Å². The second-order valence-corrected chi connectivity index (χ2v) is 7.41. The fourth-order valence-corrected chi connectivity index (χ4v) is 3.36. The lowest BCUT2D eigenvalue weighted by Crippen LogP contribution is -2.10. The van der Waals surface area contributed by atoms with E-state index >= 15 is 0 Å². The third-order valence-electron chi connectivity index (χ3n) is 5.02. The van der Waals surface area contributed by atoms with Gasteiger partial charge in [0.05, 0.1) is 4.92 Å². The van der Waals surface area contributed by atoms with E-state index in [9.17, 15) is 15.2 Å². The molecule has 0 radical (unpaired) electrons. The van der Waals surface area contributed by atoms with Gasteiger partial charge in [0, 0.05) is 69.2 Å². The quantitative estimate of drug-likeness (QED) is 0.377. The number of hydrogen-bond acceptors (Lipinski definition) is 5. The highest BCUT2D eigenvalue weighted by Crippen LogP contribution is 2.39. The van der Waals surface area contributed by atoms with E-state index in [1.807, 2.05) is 74.4 Å². The molecule has 1 N–H and O–H groups in total. The minimum absolute atomic E-state index is 0.0441. The van der Waals surface area contributed by atoms with Gasteiger partial charge in [-0.3, -0.25) is 10.1 Å². The molecule has 0 saturated heterocycles. The van der Waals surface area contributed by atoms with Crippen molar-refractivity contribution in [1.29, 1.82) is 0 Å². The molecule has 3 aromatic carbocycles. The van der Waals surface area contributed by atoms with Gasteiger partial charge >= 0.3 is 0 Å². The largest absolute Gasteiger partial charge is 0.508 e. The molecule has 6 heteroatoms. The Labute approximate surface area is 170 Å². The van der Waals surface area contributed by atoms with Gasteiger partial charge in [0.25, 0.3) is 5.69 Å². The predicted molar refractivity (Wildman–Crippen MR) is 117 cm³/mol. The number of phenolic OH excluding ortho intramolecular Hbond substituents is 1. The third kappa shape index (κ3) is 4.32. The number of anilines is 2. The number of aromatic hydroxyl groups is 1. The van der Waals surface area contributed by atoms with Gasteiger partial charge in [0.2, 0.25) is 0 Å². The van der Waals surface area contributed by atoms with Gasteiger partial charge in [-0.05, 0) is 29.3 Å². The van der Waals surface area contributed by atoms with Gasteiger partial charge in [-0.2, -0.15) is 0 Å². The summed E-state index contributed by atoms with van der Waals surface area (Å²) in [5, 5.41) is 21.8. The molecule has 0 amide bonds. The molecule has 0 aliphatic heterocycles. The van der Waals surface area contributed by atoms with E-state index in [1.165, 1.54) is 12.1 Å². The Morgan fingerprint density at radius 1 is 0.793 bits per heavy atom. The number of benzene rings is 3. The zero-order valence-electron chi connectivity index (χ0n) is 17.0. The molecular weight excluding hydrogens is 366 g/mol. The van der Waals surface area contributed by atoms with E-state index in [0.29, 0.717) is 0 Å². The monoisotopic (exact) mass is 391 g/mol. The van der Waals surface area contributed by atoms with Gasteiger partial charge in [0.1, 0.15) is 5.75 Å². The number of nitro benzene ring substituents is 1. The minimum atomic E-state index is -0.409. The van der Waals surface area contributed by atoms with Crippen LogP contribution in [0.1, 0.15) is 22.6 Å². The lowest BCUT2D eigenvalue weighted by Gasteiger charge is -2.22. The third-order valence-corrected chi connectivity index (χ3v) is 5.02. The maximum absolute atomic E-state index is 11.0. The van der Waals surface area contributed by atoms with Gasteiger partial charge in [0.15, 0.2) is 0 Å². The molecule has 3 aromatic rings. The molecule has 0 aliphatic rings. The molecule has 0 saturated carbocycles. The maximum Gasteiger partial charge on any atom is 0.269 e. The lowest BCUT2D eigenvalue weighted by molar-refractivity contribution is -0.384. The zero-order valence-corrected chi connectivity index (χ0v) is 17.0. The van der Waals surface area contributed by atoms with Crippen LogP contribution in [0, 0.1) is 10.1 Å². The number of rotatable bonds is 6. The molecule has 0 spiro atoms. The van der Waals surface area contributed by atoms with Crippen molar-refractivity contribution in [2.24, 2.45) is 0 Å². The SMILES string of the molecule is CN(C)c1ccc(C(c2ccc([N+](=O)[O-])cc2)c2ccc(N(C)C)cc2O)cc1. The standard InChI is InChI=1S/C23H25N3O3/c1-24(2)18-9-5-16(6-10-18)23(17-7-11-19(12-8-17)26(28)29)21-14-13-20(25(3)4)15-22(21)27/h5-15,23,27H,1-4H3. The first-order chi connectivity index (χ1) is 13.8. The second-order valence-electron chi connectivity index (χ2n) is 7.41. The van der Waals surface area contributed by atoms with Gasteiger partial charge in [-0.1, -0.05) is 30.3 Å². The predicted octanol–water partition coefficient (Wildman–Crippen LogP) is 4.61. The highest BCUT2D eigenvalue weighted by molar-refractivity contribution is 5.58. The van der Waals surface area contributed by atoms with Crippen molar-refractivity contribution >= 4 is 17.1 Å². The van der Waals surface area contributed by atoms with E-state index in [0.717, 1.165) is 28.1 Å². The van der Waals surface area contributed by atoms with Crippen LogP contribution in [-0.2, 0) is 0 Å². The smallest absolute Gasteiger partial charge is 0.269 e. The summed E-state index contributed by atoms with van der Waals surface area (Å²) < 4.78 is 0. The number of nitrogens with zero attached hydrogens (tertiary/aromatic N) is 3. The normalized spacial score (nSPS) is 11.7. The van der Waals surface area contributed by atoms with Crippen molar-refractivity contribution in [3.05, 3.63) is 93.5 Å². The van der Waals surface area contributed by atoms with Gasteiger partial charge in [-0.25, -0.2) is 0 Å². The molecule has 0 bridgehead atoms. The topological polar surface area (TPSA) is 69.8 Å². The summed E-state index contributed by atoms with van der Waals surface area (Å²) in [6.45, 7) is 0. The molecule has 1 atom stereocenters. The number of non-ortho nitro benzene ring substituents is 1. The van der Waals surface area contributed by atoms with Crippen LogP contribution in [0.5, 0.6) is 5.75 Å². The van der Waals surface area contributed by atoms with Crippen LogP contribution in [0.15, 0.2) is 66.7 Å². The van der Waals surface area contributed by atoms with E-state index in [4.69, 9.17) is 0 Å². The van der Waals surface area contributed by atoms with Gasteiger partial charge in [-0.15, -0.1) is 0 Å². The lowest BCUT2D eigenvalue weighted by atomic mass is 9.84. The van der Waals surface area contributed by atoms with E-state index in [1.54, 1.807) is 18.2 Å². The summed E-state index contributed by atoms with van der Waals surface area (Å²) in [6.07, 6.45) is 0. The Morgan fingerprint density at radius 2 is 1.28 bits per heavy atom. The van der Waals surface area contributed by atoms with Crippen LogP contribution >= 0.6 is 0 Å². The maximum atomic E-state index is 11.0. The van der Waals surface area contributed by atoms with Crippen molar-refractivity contribution in [3.8, 4) is 5.75 Å². The van der Waals surface area contributed by atoms with Gasteiger partial charge < -0.3 is 14.9 Å². The molecule has 6 nitrogen and oxygen atoms in total. The van der Waals surface area contributed by atoms with E-state index in [2.05, 4.69) is 0 Å². The average Bonchev–Trinajstić information content (AvgIpc) is 2.70. The summed E-state index contributed by atoms with van der Waals surface area (Å²) in [5.41, 5.74) is 4.64. The molecule has 0 heterocycles. The summed E-state index contributed by atoms with van der Waals surface area (Å²) in [7, 11) is 7.80. The van der Waals surface area contributed by atoms with Crippen LogP contribution < -0.4 is 9.80 Å². The molecule has 0 fully saturated rings. The molecule has 29 heavy (non-hydrogen) atoms. The van der Waals surface area contributed by atoms with Crippen molar-refractivity contribution in [2.75, 3.05) is 38.0 Å². The van der Waals surface area contributed by atoms with Crippen LogP contribution in [0.3, 0.4) is 0 Å². The Kier molecular flexibility index (Phi) is 5.73. The summed E-state index contributed by atoms with van der Waals surface area (Å²) in [4.78, 5) is 14.6. The van der Waals surface area contributed by atoms with E-state index in [-0.39, 0.29) is 17.4 Å². The molecular formula is C23H25N3O3. The molecule has 150 valence electrons. The first-order valence-corrected chi connectivity index (χ1v) is 9.30. The molecule has 0 aromatic heterocycles. The number of hydrogen-bond donors (Lipinski definition) is 1. The summed E-state index contributed by atoms with van der Waals surface area (Å²) >= 11 is 0. The highest BCUT2D eigenvalue weighted by Gasteiger charge is 2.21. The fourth-order valence-electron chi connectivity index (χ4n) is 3.36. The molecule has 0 aliphatic carbocycles. The Hall–Kier alpha value is -3.54. The Bertz CT molecular complexity index is 997. The van der Waals surface area contributed by atoms with Crippen LogP contribution in [-0.4, -0.2) is 38.2 Å². The first kappa shape index (κ1) is 20.2. The Morgan fingerprint density at radius 3 is 1.72 bits per heavy atom. The number of nitro groups is 1. The van der Waals surface area contributed by atoms with Crippen LogP contribution in [0.4, 0.5) is 17.1 Å². The molecule has 1 unspecified atom stereocenters. The fraction of sp³-hybridized carbons (Fsp3) is 0.217. The summed E-state index contributed by atoms with van der Waals surface area (Å²) in [6, 6.07) is 20.2. The van der Waals surface area contributed by atoms with Crippen molar-refractivity contribution < 1.29 is 10.0 Å². The Balaban J connectivity index is 2.12. The van der Waals surface area contributed by atoms with Crippen LogP contribution in [0.2, 0.25) is 0 Å². The zero-order chi connectivity index (χ0) is 21.1. The minimum Gasteiger partial charge on any atom is -0.508 e. The second kappa shape index (κ2) is 8.22. The van der Waals surface area contributed by atoms with Crippen molar-refractivity contribution in [1.82, 2.24) is 0 Å². The van der Waals surface area contributed by atoms with Crippen LogP contribution in [0.25, 0.3) is 0 Å². The average molecular weight is 391 g/mol. The van der Waals surface area contributed by atoms with E-state index < -0.39 is 4.92 Å². The highest BCUT2D eigenvalue weighted by atomic mass is 16.6. The molecule has 3 rings (SSSR count). The first-order valence-electron chi connectivity index (χ1n) is 9.30.